The summed E-state index contributed by atoms with van der Waals surface area (Å²) in [5.74, 6) is 0.0254. The molecule has 27 heavy (non-hydrogen) atoms. The van der Waals surface area contributed by atoms with Crippen molar-refractivity contribution in [1.29, 1.82) is 5.26 Å². The van der Waals surface area contributed by atoms with Gasteiger partial charge >= 0.3 is 6.09 Å². The Kier molecular flexibility index (Phi) is 5.67. The summed E-state index contributed by atoms with van der Waals surface area (Å²) in [6.07, 6.45) is 2.36. The maximum absolute atomic E-state index is 13.6. The lowest BCUT2D eigenvalue weighted by Gasteiger charge is -2.39. The Labute approximate surface area is 157 Å². The highest BCUT2D eigenvalue weighted by Crippen LogP contribution is 2.18. The third-order valence-corrected chi connectivity index (χ3v) is 4.50. The fourth-order valence-corrected chi connectivity index (χ4v) is 3.30. The van der Waals surface area contributed by atoms with Crippen LogP contribution in [0.5, 0.6) is 5.75 Å². The highest BCUT2D eigenvalue weighted by atomic mass is 19.1. The van der Waals surface area contributed by atoms with E-state index < -0.39 is 6.09 Å². The molecule has 0 bridgehead atoms. The average molecular weight is 368 g/mol. The second-order valence-corrected chi connectivity index (χ2v) is 6.80. The Morgan fingerprint density at radius 3 is 2.85 bits per heavy atom. The molecule has 1 saturated heterocycles. The number of halogens is 1. The van der Waals surface area contributed by atoms with Crippen molar-refractivity contribution in [2.75, 3.05) is 19.6 Å². The van der Waals surface area contributed by atoms with Gasteiger partial charge in [-0.05, 0) is 37.1 Å². The molecule has 2 aromatic rings. The molecule has 2 heterocycles. The number of nitrogens with zero attached hydrogens (tertiary/aromatic N) is 4. The van der Waals surface area contributed by atoms with Crippen molar-refractivity contribution in [3.8, 4) is 11.8 Å². The van der Waals surface area contributed by atoms with Crippen molar-refractivity contribution in [3.05, 3.63) is 59.2 Å². The van der Waals surface area contributed by atoms with Gasteiger partial charge in [0, 0.05) is 44.5 Å². The van der Waals surface area contributed by atoms with Crippen molar-refractivity contribution in [2.45, 2.75) is 26.4 Å². The van der Waals surface area contributed by atoms with Gasteiger partial charge < -0.3 is 9.64 Å². The highest BCUT2D eigenvalue weighted by Gasteiger charge is 2.29. The summed E-state index contributed by atoms with van der Waals surface area (Å²) >= 11 is 0. The summed E-state index contributed by atoms with van der Waals surface area (Å²) < 4.78 is 18.9. The summed E-state index contributed by atoms with van der Waals surface area (Å²) in [6, 6.07) is 8.44. The van der Waals surface area contributed by atoms with Crippen LogP contribution in [-0.4, -0.2) is 46.6 Å². The van der Waals surface area contributed by atoms with Gasteiger partial charge in [0.15, 0.2) is 5.75 Å². The van der Waals surface area contributed by atoms with Crippen molar-refractivity contribution in [3.63, 3.8) is 0 Å². The molecule has 1 aliphatic rings. The lowest BCUT2D eigenvalue weighted by molar-refractivity contribution is 0.0752. The largest absolute Gasteiger partial charge is 0.415 e. The Morgan fingerprint density at radius 2 is 2.15 bits per heavy atom. The van der Waals surface area contributed by atoms with Gasteiger partial charge in [-0.2, -0.15) is 5.26 Å². The fourth-order valence-electron chi connectivity index (χ4n) is 3.30. The van der Waals surface area contributed by atoms with Crippen LogP contribution in [0.2, 0.25) is 0 Å². The Hall–Kier alpha value is -2.98. The van der Waals surface area contributed by atoms with Crippen molar-refractivity contribution in [1.82, 2.24) is 14.8 Å². The molecule has 6 nitrogen and oxygen atoms in total. The third kappa shape index (κ3) is 4.80. The molecule has 1 fully saturated rings. The predicted octanol–water partition coefficient (Wildman–Crippen LogP) is 3.11. The van der Waals surface area contributed by atoms with Gasteiger partial charge in [-0.25, -0.2) is 9.18 Å². The number of carbonyl (C=O) groups excluding carboxylic acids is 1. The van der Waals surface area contributed by atoms with Crippen LogP contribution in [0.4, 0.5) is 9.18 Å². The van der Waals surface area contributed by atoms with E-state index in [1.54, 1.807) is 11.0 Å². The molecule has 140 valence electrons. The Morgan fingerprint density at radius 1 is 1.33 bits per heavy atom. The first-order valence-electron chi connectivity index (χ1n) is 8.76. The van der Waals surface area contributed by atoms with E-state index in [-0.39, 0.29) is 17.6 Å². The molecule has 1 aliphatic heterocycles. The maximum Gasteiger partial charge on any atom is 0.415 e. The van der Waals surface area contributed by atoms with E-state index in [0.717, 1.165) is 11.1 Å². The summed E-state index contributed by atoms with van der Waals surface area (Å²) in [7, 11) is 0. The van der Waals surface area contributed by atoms with Crippen LogP contribution in [0.3, 0.4) is 0 Å². The molecular formula is C20H21FN4O2. The van der Waals surface area contributed by atoms with E-state index in [2.05, 4.69) is 9.88 Å². The number of pyridine rings is 1. The summed E-state index contributed by atoms with van der Waals surface area (Å²) in [4.78, 5) is 20.2. The molecule has 1 aromatic carbocycles. The van der Waals surface area contributed by atoms with E-state index in [9.17, 15) is 9.18 Å². The minimum Gasteiger partial charge on any atom is -0.408 e. The molecule has 1 aromatic heterocycles. The molecule has 0 unspecified atom stereocenters. The standard InChI is InChI=1S/C20H21FN4O2/c1-14-5-16(7-18(21)6-14)13-24-3-4-25(15(2)12-24)20(26)27-19-8-17(9-22)10-23-11-19/h5-8,10-11,15H,3-4,12-13H2,1-2H3/t15-/m1/s1. The quantitative estimate of drug-likeness (QED) is 0.833. The van der Waals surface area contributed by atoms with Gasteiger partial charge in [0.1, 0.15) is 11.9 Å². The molecule has 0 saturated carbocycles. The zero-order valence-corrected chi connectivity index (χ0v) is 15.4. The highest BCUT2D eigenvalue weighted by molar-refractivity contribution is 5.71. The van der Waals surface area contributed by atoms with Crippen LogP contribution in [-0.2, 0) is 6.54 Å². The van der Waals surface area contributed by atoms with Gasteiger partial charge in [0.25, 0.3) is 0 Å². The number of hydrogen-bond acceptors (Lipinski definition) is 5. The summed E-state index contributed by atoms with van der Waals surface area (Å²) in [5.41, 5.74) is 2.16. The van der Waals surface area contributed by atoms with Crippen LogP contribution in [0.15, 0.2) is 36.7 Å². The smallest absolute Gasteiger partial charge is 0.408 e. The normalized spacial score (nSPS) is 17.4. The minimum atomic E-state index is -0.458. The van der Waals surface area contributed by atoms with Gasteiger partial charge in [-0.1, -0.05) is 6.07 Å². The van der Waals surface area contributed by atoms with Crippen molar-refractivity contribution >= 4 is 6.09 Å². The number of benzene rings is 1. The molecule has 0 spiro atoms. The van der Waals surface area contributed by atoms with Crippen LogP contribution in [0, 0.1) is 24.1 Å². The van der Waals surface area contributed by atoms with Crippen molar-refractivity contribution in [2.24, 2.45) is 0 Å². The number of carbonyl (C=O) groups is 1. The molecule has 1 atom stereocenters. The number of hydrogen-bond donors (Lipinski definition) is 0. The van der Waals surface area contributed by atoms with Gasteiger partial charge in [-0.15, -0.1) is 0 Å². The molecule has 1 amide bonds. The van der Waals surface area contributed by atoms with E-state index in [4.69, 9.17) is 10.00 Å². The minimum absolute atomic E-state index is 0.0481. The predicted molar refractivity (Wildman–Crippen MR) is 97.6 cm³/mol. The Balaban J connectivity index is 1.59. The van der Waals surface area contributed by atoms with E-state index in [0.29, 0.717) is 31.7 Å². The van der Waals surface area contributed by atoms with Crippen LogP contribution in [0.25, 0.3) is 0 Å². The first-order chi connectivity index (χ1) is 12.9. The van der Waals surface area contributed by atoms with Crippen molar-refractivity contribution < 1.29 is 13.9 Å². The summed E-state index contributed by atoms with van der Waals surface area (Å²) in [6.45, 7) is 6.32. The topological polar surface area (TPSA) is 69.5 Å². The number of aromatic nitrogens is 1. The molecule has 0 N–H and O–H groups in total. The average Bonchev–Trinajstić information content (AvgIpc) is 2.61. The number of aryl methyl sites for hydroxylation is 1. The first kappa shape index (κ1) is 18.8. The van der Waals surface area contributed by atoms with Crippen LogP contribution < -0.4 is 4.74 Å². The van der Waals surface area contributed by atoms with E-state index in [1.165, 1.54) is 24.5 Å². The number of rotatable bonds is 3. The van der Waals surface area contributed by atoms with E-state index >= 15 is 0 Å². The zero-order valence-electron chi connectivity index (χ0n) is 15.4. The third-order valence-electron chi connectivity index (χ3n) is 4.50. The van der Waals surface area contributed by atoms with Gasteiger partial charge in [-0.3, -0.25) is 9.88 Å². The summed E-state index contributed by atoms with van der Waals surface area (Å²) in [5, 5.41) is 8.90. The van der Waals surface area contributed by atoms with E-state index in [1.807, 2.05) is 26.0 Å². The van der Waals surface area contributed by atoms with Gasteiger partial charge in [0.2, 0.25) is 0 Å². The lowest BCUT2D eigenvalue weighted by Crippen LogP contribution is -2.54. The van der Waals surface area contributed by atoms with Crippen LogP contribution >= 0.6 is 0 Å². The first-order valence-corrected chi connectivity index (χ1v) is 8.76. The molecule has 0 radical (unpaired) electrons. The number of nitriles is 1. The zero-order chi connectivity index (χ0) is 19.4. The second kappa shape index (κ2) is 8.14. The lowest BCUT2D eigenvalue weighted by atomic mass is 10.1. The molecular weight excluding hydrogens is 347 g/mol. The second-order valence-electron chi connectivity index (χ2n) is 6.80. The molecule has 0 aliphatic carbocycles. The number of ether oxygens (including phenoxy) is 1. The molecule has 7 heteroatoms. The van der Waals surface area contributed by atoms with Gasteiger partial charge in [0.05, 0.1) is 11.8 Å². The number of piperazine rings is 1. The molecule has 3 rings (SSSR count). The SMILES string of the molecule is Cc1cc(F)cc(CN2CCN(C(=O)Oc3cncc(C#N)c3)[C@H](C)C2)c1. The monoisotopic (exact) mass is 368 g/mol. The number of amides is 1. The Bertz CT molecular complexity index is 860. The van der Waals surface area contributed by atoms with Crippen LogP contribution in [0.1, 0.15) is 23.6 Å². The maximum atomic E-state index is 13.6. The fraction of sp³-hybridized carbons (Fsp3) is 0.350.